The van der Waals surface area contributed by atoms with Crippen LogP contribution in [0.15, 0.2) is 0 Å². The Balaban J connectivity index is 1.56. The summed E-state index contributed by atoms with van der Waals surface area (Å²) in [6, 6.07) is 0.670. The summed E-state index contributed by atoms with van der Waals surface area (Å²) in [7, 11) is 0. The van der Waals surface area contributed by atoms with Crippen LogP contribution >= 0.6 is 0 Å². The summed E-state index contributed by atoms with van der Waals surface area (Å²) >= 11 is 0. The maximum absolute atomic E-state index is 9.23. The third kappa shape index (κ3) is 3.32. The zero-order valence-electron chi connectivity index (χ0n) is 14.1. The predicted molar refractivity (Wildman–Crippen MR) is 88.2 cm³/mol. The Bertz CT molecular complexity index is 299. The first-order valence-electron chi connectivity index (χ1n) is 9.49. The van der Waals surface area contributed by atoms with Crippen LogP contribution in [0.1, 0.15) is 71.6 Å². The fraction of sp³-hybridized carbons (Fsp3) is 1.00. The fourth-order valence-corrected chi connectivity index (χ4v) is 6.21. The van der Waals surface area contributed by atoms with Gasteiger partial charge in [0.15, 0.2) is 0 Å². The lowest BCUT2D eigenvalue weighted by Gasteiger charge is -2.59. The minimum Gasteiger partial charge on any atom is -0.396 e. The topological polar surface area (TPSA) is 32.3 Å². The Morgan fingerprint density at radius 3 is 2.10 bits per heavy atom. The van der Waals surface area contributed by atoms with E-state index in [1.807, 2.05) is 0 Å². The van der Waals surface area contributed by atoms with Gasteiger partial charge in [0.2, 0.25) is 0 Å². The molecule has 4 fully saturated rings. The van der Waals surface area contributed by atoms with E-state index < -0.39 is 0 Å². The molecule has 0 aliphatic heterocycles. The molecule has 2 heteroatoms. The summed E-state index contributed by atoms with van der Waals surface area (Å²) in [6.07, 6.45) is 12.5. The van der Waals surface area contributed by atoms with Crippen molar-refractivity contribution in [2.75, 3.05) is 13.2 Å². The summed E-state index contributed by atoms with van der Waals surface area (Å²) < 4.78 is 0. The van der Waals surface area contributed by atoms with Crippen molar-refractivity contribution in [1.82, 2.24) is 5.32 Å². The number of hydrogen-bond acceptors (Lipinski definition) is 2. The highest BCUT2D eigenvalue weighted by atomic mass is 16.3. The van der Waals surface area contributed by atoms with Crippen LogP contribution in [0.4, 0.5) is 0 Å². The van der Waals surface area contributed by atoms with Crippen LogP contribution < -0.4 is 5.32 Å². The van der Waals surface area contributed by atoms with E-state index in [9.17, 15) is 5.11 Å². The largest absolute Gasteiger partial charge is 0.396 e. The first-order valence-corrected chi connectivity index (χ1v) is 9.49. The zero-order chi connectivity index (χ0) is 14.9. The molecule has 4 rings (SSSR count). The van der Waals surface area contributed by atoms with E-state index in [1.165, 1.54) is 51.4 Å². The van der Waals surface area contributed by atoms with Crippen molar-refractivity contribution in [3.8, 4) is 0 Å². The van der Waals surface area contributed by atoms with Crippen molar-refractivity contribution in [2.45, 2.75) is 77.7 Å². The summed E-state index contributed by atoms with van der Waals surface area (Å²) in [5.41, 5.74) is 0.616. The van der Waals surface area contributed by atoms with E-state index in [1.54, 1.807) is 0 Å². The lowest BCUT2D eigenvalue weighted by atomic mass is 9.48. The highest BCUT2D eigenvalue weighted by Gasteiger charge is 2.52. The van der Waals surface area contributed by atoms with Gasteiger partial charge in [0.1, 0.15) is 0 Å². The van der Waals surface area contributed by atoms with Crippen LogP contribution in [-0.4, -0.2) is 24.3 Å². The molecule has 2 N–H and O–H groups in total. The molecule has 0 spiro atoms. The average Bonchev–Trinajstić information content (AvgIpc) is 2.43. The molecule has 0 aromatic carbocycles. The molecule has 0 heterocycles. The van der Waals surface area contributed by atoms with Gasteiger partial charge >= 0.3 is 0 Å². The summed E-state index contributed by atoms with van der Waals surface area (Å²) in [5.74, 6) is 3.80. The van der Waals surface area contributed by atoms with Crippen LogP contribution in [0.5, 0.6) is 0 Å². The van der Waals surface area contributed by atoms with Crippen LogP contribution in [-0.2, 0) is 0 Å². The molecular formula is C19H35NO. The maximum atomic E-state index is 9.23. The van der Waals surface area contributed by atoms with Crippen LogP contribution in [0.3, 0.4) is 0 Å². The molecule has 0 saturated heterocycles. The molecule has 122 valence electrons. The molecule has 0 radical (unpaired) electrons. The first kappa shape index (κ1) is 15.8. The van der Waals surface area contributed by atoms with Crippen molar-refractivity contribution >= 4 is 0 Å². The third-order valence-electron chi connectivity index (χ3n) is 6.95. The molecule has 0 amide bonds. The molecule has 2 unspecified atom stereocenters. The molecule has 4 saturated carbocycles. The van der Waals surface area contributed by atoms with Crippen molar-refractivity contribution in [1.29, 1.82) is 0 Å². The van der Waals surface area contributed by atoms with Crippen LogP contribution in [0, 0.1) is 29.1 Å². The van der Waals surface area contributed by atoms with Crippen molar-refractivity contribution < 1.29 is 5.11 Å². The van der Waals surface area contributed by atoms with E-state index in [0.717, 1.165) is 30.7 Å². The molecule has 0 aromatic rings. The number of aliphatic hydroxyl groups is 1. The second-order valence-electron chi connectivity index (χ2n) is 8.58. The minimum absolute atomic E-state index is 0.345. The van der Waals surface area contributed by atoms with Gasteiger partial charge in [-0.15, -0.1) is 0 Å². The SMILES string of the molecule is CCCC(CCO)CNC(C)C12CC3CC(CC(C3)C1)C2. The Labute approximate surface area is 131 Å². The number of nitrogens with one attached hydrogen (secondary N) is 1. The highest BCUT2D eigenvalue weighted by molar-refractivity contribution is 5.05. The van der Waals surface area contributed by atoms with E-state index in [4.69, 9.17) is 0 Å². The van der Waals surface area contributed by atoms with Crippen LogP contribution in [0.25, 0.3) is 0 Å². The quantitative estimate of drug-likeness (QED) is 0.709. The fourth-order valence-electron chi connectivity index (χ4n) is 6.21. The lowest BCUT2D eigenvalue weighted by molar-refractivity contribution is -0.0709. The van der Waals surface area contributed by atoms with E-state index >= 15 is 0 Å². The molecule has 4 aliphatic rings. The average molecular weight is 293 g/mol. The Kier molecular flexibility index (Phi) is 4.95. The second kappa shape index (κ2) is 6.58. The number of rotatable bonds is 8. The molecule has 4 bridgehead atoms. The standard InChI is InChI=1S/C19H35NO/c1-3-4-15(5-6-21)13-20-14(2)19-10-16-7-17(11-19)9-18(8-16)12-19/h14-18,20-21H,3-13H2,1-2H3. The smallest absolute Gasteiger partial charge is 0.0434 e. The molecule has 0 aromatic heterocycles. The van der Waals surface area contributed by atoms with Crippen molar-refractivity contribution in [3.63, 3.8) is 0 Å². The first-order chi connectivity index (χ1) is 10.1. The normalized spacial score (nSPS) is 40.4. The third-order valence-corrected chi connectivity index (χ3v) is 6.95. The van der Waals surface area contributed by atoms with Crippen molar-refractivity contribution in [2.24, 2.45) is 29.1 Å². The number of aliphatic hydroxyl groups excluding tert-OH is 1. The second-order valence-corrected chi connectivity index (χ2v) is 8.58. The van der Waals surface area contributed by atoms with Gasteiger partial charge in [0.05, 0.1) is 0 Å². The van der Waals surface area contributed by atoms with Crippen molar-refractivity contribution in [3.05, 3.63) is 0 Å². The van der Waals surface area contributed by atoms with Gasteiger partial charge in [-0.1, -0.05) is 13.3 Å². The summed E-state index contributed by atoms with van der Waals surface area (Å²) in [6.45, 7) is 6.16. The van der Waals surface area contributed by atoms with E-state index in [0.29, 0.717) is 24.0 Å². The Morgan fingerprint density at radius 1 is 1.05 bits per heavy atom. The molecular weight excluding hydrogens is 258 g/mol. The maximum Gasteiger partial charge on any atom is 0.0434 e. The van der Waals surface area contributed by atoms with E-state index in [2.05, 4.69) is 19.2 Å². The minimum atomic E-state index is 0.345. The Morgan fingerprint density at radius 2 is 1.62 bits per heavy atom. The summed E-state index contributed by atoms with van der Waals surface area (Å²) in [5, 5.41) is 13.1. The predicted octanol–water partition coefficient (Wildman–Crippen LogP) is 3.98. The highest BCUT2D eigenvalue weighted by Crippen LogP contribution is 2.61. The summed E-state index contributed by atoms with van der Waals surface area (Å²) in [4.78, 5) is 0. The number of hydrogen-bond donors (Lipinski definition) is 2. The van der Waals surface area contributed by atoms with Gasteiger partial charge in [-0.25, -0.2) is 0 Å². The van der Waals surface area contributed by atoms with Crippen LogP contribution in [0.2, 0.25) is 0 Å². The van der Waals surface area contributed by atoms with Gasteiger partial charge in [0.25, 0.3) is 0 Å². The van der Waals surface area contributed by atoms with Gasteiger partial charge in [0, 0.05) is 12.6 Å². The van der Waals surface area contributed by atoms with Gasteiger partial charge in [-0.3, -0.25) is 0 Å². The lowest BCUT2D eigenvalue weighted by Crippen LogP contribution is -2.55. The molecule has 2 nitrogen and oxygen atoms in total. The molecule has 4 aliphatic carbocycles. The molecule has 2 atom stereocenters. The zero-order valence-corrected chi connectivity index (χ0v) is 14.1. The molecule has 21 heavy (non-hydrogen) atoms. The van der Waals surface area contributed by atoms with Gasteiger partial charge in [-0.05, 0) is 93.9 Å². The van der Waals surface area contributed by atoms with E-state index in [-0.39, 0.29) is 0 Å². The monoisotopic (exact) mass is 293 g/mol. The van der Waals surface area contributed by atoms with Gasteiger partial charge in [-0.2, -0.15) is 0 Å². The Hall–Kier alpha value is -0.0800. The van der Waals surface area contributed by atoms with Gasteiger partial charge < -0.3 is 10.4 Å².